The maximum Gasteiger partial charge on any atom is 0.491 e. The van der Waals surface area contributed by atoms with Gasteiger partial charge in [-0.1, -0.05) is 23.2 Å². The zero-order chi connectivity index (χ0) is 9.84. The van der Waals surface area contributed by atoms with Gasteiger partial charge in [0.2, 0.25) is 0 Å². The minimum absolute atomic E-state index is 0.221. The smallest absolute Gasteiger partial charge is 0.491 e. The van der Waals surface area contributed by atoms with E-state index in [0.29, 0.717) is 15.8 Å². The van der Waals surface area contributed by atoms with Gasteiger partial charge in [-0.15, -0.1) is 0 Å². The average Bonchev–Trinajstić information content (AvgIpc) is 2.02. The summed E-state index contributed by atoms with van der Waals surface area (Å²) in [5.41, 5.74) is 0. The Balaban J connectivity index is 2.67. The first-order chi connectivity index (χ1) is 6.09. The average molecular weight is 221 g/mol. The molecule has 0 unspecified atom stereocenters. The zero-order valence-corrected chi connectivity index (χ0v) is 8.09. The minimum atomic E-state index is -1.51. The van der Waals surface area contributed by atoms with Crippen molar-refractivity contribution in [3.63, 3.8) is 0 Å². The highest BCUT2D eigenvalue weighted by atomic mass is 35.5. The van der Waals surface area contributed by atoms with Crippen molar-refractivity contribution in [1.29, 1.82) is 0 Å². The summed E-state index contributed by atoms with van der Waals surface area (Å²) in [5.74, 6) is 0.374. The van der Waals surface area contributed by atoms with Crippen molar-refractivity contribution in [3.8, 4) is 5.75 Å². The van der Waals surface area contributed by atoms with Gasteiger partial charge in [0.15, 0.2) is 0 Å². The van der Waals surface area contributed by atoms with Gasteiger partial charge in [0.1, 0.15) is 12.3 Å². The van der Waals surface area contributed by atoms with E-state index in [2.05, 4.69) is 0 Å². The van der Waals surface area contributed by atoms with Crippen molar-refractivity contribution in [2.75, 3.05) is 6.51 Å². The molecule has 0 saturated carbocycles. The normalized spacial score (nSPS) is 9.85. The molecule has 0 bridgehead atoms. The van der Waals surface area contributed by atoms with Gasteiger partial charge in [-0.25, -0.2) is 0 Å². The summed E-state index contributed by atoms with van der Waals surface area (Å²) >= 11 is 11.4. The SMILES string of the molecule is OB(O)COc1ccc(Cl)cc1Cl. The molecule has 0 atom stereocenters. The summed E-state index contributed by atoms with van der Waals surface area (Å²) in [5, 5.41) is 17.9. The van der Waals surface area contributed by atoms with Crippen LogP contribution < -0.4 is 4.74 Å². The van der Waals surface area contributed by atoms with E-state index in [1.807, 2.05) is 0 Å². The van der Waals surface area contributed by atoms with Gasteiger partial charge in [0, 0.05) is 5.02 Å². The Kier molecular flexibility index (Phi) is 3.87. The lowest BCUT2D eigenvalue weighted by molar-refractivity contribution is 0.306. The van der Waals surface area contributed by atoms with Crippen LogP contribution in [-0.2, 0) is 0 Å². The summed E-state index contributed by atoms with van der Waals surface area (Å²) in [6.45, 7) is -0.221. The van der Waals surface area contributed by atoms with Gasteiger partial charge in [0.05, 0.1) is 5.02 Å². The largest absolute Gasteiger partial charge is 0.494 e. The van der Waals surface area contributed by atoms with E-state index < -0.39 is 7.12 Å². The van der Waals surface area contributed by atoms with Crippen molar-refractivity contribution in [3.05, 3.63) is 28.2 Å². The van der Waals surface area contributed by atoms with Gasteiger partial charge in [-0.05, 0) is 18.2 Å². The number of halogens is 2. The molecular weight excluding hydrogens is 214 g/mol. The molecule has 1 aromatic carbocycles. The molecule has 0 saturated heterocycles. The van der Waals surface area contributed by atoms with E-state index in [9.17, 15) is 0 Å². The Morgan fingerprint density at radius 2 is 2.00 bits per heavy atom. The molecule has 0 radical (unpaired) electrons. The Labute approximate surface area is 86.0 Å². The maximum atomic E-state index is 8.52. The lowest BCUT2D eigenvalue weighted by atomic mass is 9.95. The molecule has 0 amide bonds. The molecule has 0 aliphatic heterocycles. The molecule has 6 heteroatoms. The molecule has 3 nitrogen and oxygen atoms in total. The lowest BCUT2D eigenvalue weighted by Crippen LogP contribution is -2.22. The molecule has 0 aliphatic rings. The second kappa shape index (κ2) is 4.72. The van der Waals surface area contributed by atoms with E-state index in [1.165, 1.54) is 6.07 Å². The molecule has 13 heavy (non-hydrogen) atoms. The summed E-state index contributed by atoms with van der Waals surface area (Å²) in [6.07, 6.45) is 0. The zero-order valence-electron chi connectivity index (χ0n) is 6.58. The molecule has 0 spiro atoms. The van der Waals surface area contributed by atoms with Crippen molar-refractivity contribution < 1.29 is 14.8 Å². The number of hydrogen-bond acceptors (Lipinski definition) is 3. The fourth-order valence-corrected chi connectivity index (χ4v) is 1.22. The van der Waals surface area contributed by atoms with Crippen LogP contribution in [-0.4, -0.2) is 23.7 Å². The van der Waals surface area contributed by atoms with Crippen molar-refractivity contribution in [2.24, 2.45) is 0 Å². The first-order valence-electron chi connectivity index (χ1n) is 3.53. The van der Waals surface area contributed by atoms with Crippen LogP contribution in [0.15, 0.2) is 18.2 Å². The van der Waals surface area contributed by atoms with Crippen LogP contribution in [0.2, 0.25) is 10.0 Å². The summed E-state index contributed by atoms with van der Waals surface area (Å²) in [7, 11) is -1.51. The number of rotatable bonds is 3. The summed E-state index contributed by atoms with van der Waals surface area (Å²) < 4.78 is 4.96. The van der Waals surface area contributed by atoms with Crippen LogP contribution in [0.1, 0.15) is 0 Å². The highest BCUT2D eigenvalue weighted by Crippen LogP contribution is 2.27. The topological polar surface area (TPSA) is 49.7 Å². The quantitative estimate of drug-likeness (QED) is 0.758. The number of ether oxygens (including phenoxy) is 1. The van der Waals surface area contributed by atoms with Gasteiger partial charge in [-0.3, -0.25) is 0 Å². The van der Waals surface area contributed by atoms with Crippen LogP contribution in [0.25, 0.3) is 0 Å². The van der Waals surface area contributed by atoms with Crippen molar-refractivity contribution in [2.45, 2.75) is 0 Å². The van der Waals surface area contributed by atoms with E-state index >= 15 is 0 Å². The van der Waals surface area contributed by atoms with Gasteiger partial charge in [0.25, 0.3) is 0 Å². The predicted octanol–water partition coefficient (Wildman–Crippen LogP) is 1.38. The highest BCUT2D eigenvalue weighted by Gasteiger charge is 2.09. The number of hydrogen-bond donors (Lipinski definition) is 2. The molecule has 0 fully saturated rings. The first-order valence-corrected chi connectivity index (χ1v) is 4.29. The minimum Gasteiger partial charge on any atom is -0.494 e. The molecule has 1 rings (SSSR count). The van der Waals surface area contributed by atoms with Gasteiger partial charge >= 0.3 is 7.12 Å². The third-order valence-electron chi connectivity index (χ3n) is 1.28. The Bertz CT molecular complexity index is 293. The van der Waals surface area contributed by atoms with E-state index in [-0.39, 0.29) is 6.51 Å². The van der Waals surface area contributed by atoms with Crippen LogP contribution in [0, 0.1) is 0 Å². The van der Waals surface area contributed by atoms with Crippen LogP contribution in [0.3, 0.4) is 0 Å². The summed E-state index contributed by atoms with van der Waals surface area (Å²) in [6, 6.07) is 4.68. The molecule has 0 aromatic heterocycles. The third-order valence-corrected chi connectivity index (χ3v) is 1.81. The van der Waals surface area contributed by atoms with Crippen LogP contribution >= 0.6 is 23.2 Å². The standard InChI is InChI=1S/C7H7BCl2O3/c9-5-1-2-7(6(10)3-5)13-4-8(11)12/h1-3,11-12H,4H2. The highest BCUT2D eigenvalue weighted by molar-refractivity contribution is 6.41. The predicted molar refractivity (Wildman–Crippen MR) is 52.1 cm³/mol. The Morgan fingerprint density at radius 3 is 2.54 bits per heavy atom. The van der Waals surface area contributed by atoms with Crippen LogP contribution in [0.4, 0.5) is 0 Å². The molecule has 1 aromatic rings. The van der Waals surface area contributed by atoms with Crippen molar-refractivity contribution >= 4 is 30.3 Å². The molecule has 70 valence electrons. The Morgan fingerprint density at radius 1 is 1.31 bits per heavy atom. The molecule has 2 N–H and O–H groups in total. The van der Waals surface area contributed by atoms with Gasteiger partial charge < -0.3 is 14.8 Å². The van der Waals surface area contributed by atoms with Crippen LogP contribution in [0.5, 0.6) is 5.75 Å². The summed E-state index contributed by atoms with van der Waals surface area (Å²) in [4.78, 5) is 0. The van der Waals surface area contributed by atoms with E-state index in [1.54, 1.807) is 12.1 Å². The lowest BCUT2D eigenvalue weighted by Gasteiger charge is -2.06. The number of benzene rings is 1. The van der Waals surface area contributed by atoms with E-state index in [0.717, 1.165) is 0 Å². The molecule has 0 aliphatic carbocycles. The first kappa shape index (κ1) is 10.7. The van der Waals surface area contributed by atoms with Gasteiger partial charge in [-0.2, -0.15) is 0 Å². The monoisotopic (exact) mass is 220 g/mol. The van der Waals surface area contributed by atoms with E-state index in [4.69, 9.17) is 38.0 Å². The molecular formula is C7H7BCl2O3. The van der Waals surface area contributed by atoms with Crippen molar-refractivity contribution in [1.82, 2.24) is 0 Å². The second-order valence-electron chi connectivity index (χ2n) is 2.37. The maximum absolute atomic E-state index is 8.52. The molecule has 0 heterocycles. The fraction of sp³-hybridized carbons (Fsp3) is 0.143. The third kappa shape index (κ3) is 3.44. The fourth-order valence-electron chi connectivity index (χ4n) is 0.757. The Hall–Kier alpha value is -0.415. The second-order valence-corrected chi connectivity index (χ2v) is 3.21.